The minimum atomic E-state index is -0.813. The number of methoxy groups -OCH3 is 1. The van der Waals surface area contributed by atoms with Crippen molar-refractivity contribution < 1.29 is 14.6 Å². The molecule has 0 aliphatic heterocycles. The number of aromatic nitrogens is 2. The molecule has 0 spiro atoms. The smallest absolute Gasteiger partial charge is 0.161 e. The first kappa shape index (κ1) is 17.0. The SMILES string of the molecule is CCn1ccnc1[C@@H](O)c1ccc(OCc2ccccc2)c(OC)c1. The molecule has 0 bridgehead atoms. The second kappa shape index (κ2) is 7.85. The molecule has 1 heterocycles. The van der Waals surface area contributed by atoms with Crippen molar-refractivity contribution in [2.24, 2.45) is 0 Å². The number of aryl methyl sites for hydroxylation is 1. The summed E-state index contributed by atoms with van der Waals surface area (Å²) in [7, 11) is 1.59. The zero-order valence-electron chi connectivity index (χ0n) is 14.4. The Bertz CT molecular complexity index is 815. The van der Waals surface area contributed by atoms with Crippen LogP contribution in [0.15, 0.2) is 60.9 Å². The number of ether oxygens (including phenoxy) is 2. The molecule has 5 heteroatoms. The molecule has 0 aliphatic rings. The van der Waals surface area contributed by atoms with Gasteiger partial charge in [-0.05, 0) is 30.2 Å². The Morgan fingerprint density at radius 2 is 1.92 bits per heavy atom. The zero-order valence-corrected chi connectivity index (χ0v) is 14.4. The first-order chi connectivity index (χ1) is 12.2. The molecule has 3 rings (SSSR count). The van der Waals surface area contributed by atoms with Gasteiger partial charge in [-0.15, -0.1) is 0 Å². The maximum absolute atomic E-state index is 10.6. The number of nitrogens with zero attached hydrogens (tertiary/aromatic N) is 2. The number of hydrogen-bond acceptors (Lipinski definition) is 4. The van der Waals surface area contributed by atoms with Gasteiger partial charge in [-0.2, -0.15) is 0 Å². The summed E-state index contributed by atoms with van der Waals surface area (Å²) in [5.41, 5.74) is 1.79. The number of aliphatic hydroxyl groups excluding tert-OH is 1. The highest BCUT2D eigenvalue weighted by molar-refractivity contribution is 5.44. The first-order valence-corrected chi connectivity index (χ1v) is 8.26. The van der Waals surface area contributed by atoms with Gasteiger partial charge in [-0.3, -0.25) is 0 Å². The van der Waals surface area contributed by atoms with Gasteiger partial charge in [-0.1, -0.05) is 36.4 Å². The summed E-state index contributed by atoms with van der Waals surface area (Å²) in [5, 5.41) is 10.6. The molecule has 5 nitrogen and oxygen atoms in total. The molecular formula is C20H22N2O3. The van der Waals surface area contributed by atoms with E-state index in [0.717, 1.165) is 12.1 Å². The van der Waals surface area contributed by atoms with Gasteiger partial charge in [-0.25, -0.2) is 4.98 Å². The van der Waals surface area contributed by atoms with Gasteiger partial charge in [0.05, 0.1) is 7.11 Å². The molecule has 1 aromatic heterocycles. The molecule has 3 aromatic rings. The quantitative estimate of drug-likeness (QED) is 0.715. The van der Waals surface area contributed by atoms with E-state index in [0.29, 0.717) is 29.5 Å². The molecule has 2 aromatic carbocycles. The molecule has 1 atom stereocenters. The normalized spacial score (nSPS) is 12.0. The third-order valence-corrected chi connectivity index (χ3v) is 4.07. The fraction of sp³-hybridized carbons (Fsp3) is 0.250. The lowest BCUT2D eigenvalue weighted by molar-refractivity contribution is 0.204. The Morgan fingerprint density at radius 3 is 2.64 bits per heavy atom. The van der Waals surface area contributed by atoms with Crippen molar-refractivity contribution in [2.45, 2.75) is 26.2 Å². The number of hydrogen-bond donors (Lipinski definition) is 1. The topological polar surface area (TPSA) is 56.5 Å². The van der Waals surface area contributed by atoms with Crippen molar-refractivity contribution in [3.8, 4) is 11.5 Å². The van der Waals surface area contributed by atoms with Crippen LogP contribution in [0.4, 0.5) is 0 Å². The van der Waals surface area contributed by atoms with Crippen molar-refractivity contribution in [2.75, 3.05) is 7.11 Å². The Labute approximate surface area is 147 Å². The van der Waals surface area contributed by atoms with Crippen LogP contribution in [0, 0.1) is 0 Å². The van der Waals surface area contributed by atoms with Crippen molar-refractivity contribution in [3.63, 3.8) is 0 Å². The number of imidazole rings is 1. The van der Waals surface area contributed by atoms with Gasteiger partial charge in [0.1, 0.15) is 18.5 Å². The average molecular weight is 338 g/mol. The molecule has 0 saturated carbocycles. The fourth-order valence-corrected chi connectivity index (χ4v) is 2.69. The summed E-state index contributed by atoms with van der Waals surface area (Å²) >= 11 is 0. The monoisotopic (exact) mass is 338 g/mol. The molecule has 0 unspecified atom stereocenters. The lowest BCUT2D eigenvalue weighted by Gasteiger charge is -2.16. The van der Waals surface area contributed by atoms with Crippen LogP contribution in [0.1, 0.15) is 30.0 Å². The highest BCUT2D eigenvalue weighted by Crippen LogP contribution is 2.32. The van der Waals surface area contributed by atoms with Crippen LogP contribution in [0.3, 0.4) is 0 Å². The summed E-state index contributed by atoms with van der Waals surface area (Å²) in [6.45, 7) is 3.22. The van der Waals surface area contributed by atoms with E-state index in [4.69, 9.17) is 9.47 Å². The van der Waals surface area contributed by atoms with E-state index in [1.165, 1.54) is 0 Å². The lowest BCUT2D eigenvalue weighted by atomic mass is 10.1. The largest absolute Gasteiger partial charge is 0.493 e. The summed E-state index contributed by atoms with van der Waals surface area (Å²) in [6, 6.07) is 15.4. The molecular weight excluding hydrogens is 316 g/mol. The van der Waals surface area contributed by atoms with Crippen molar-refractivity contribution >= 4 is 0 Å². The third-order valence-electron chi connectivity index (χ3n) is 4.07. The highest BCUT2D eigenvalue weighted by Gasteiger charge is 2.18. The predicted molar refractivity (Wildman–Crippen MR) is 95.7 cm³/mol. The second-order valence-corrected chi connectivity index (χ2v) is 5.66. The zero-order chi connectivity index (χ0) is 17.6. The van der Waals surface area contributed by atoms with Gasteiger partial charge < -0.3 is 19.1 Å². The van der Waals surface area contributed by atoms with Gasteiger partial charge in [0.25, 0.3) is 0 Å². The maximum atomic E-state index is 10.6. The van der Waals surface area contributed by atoms with Crippen molar-refractivity contribution in [1.29, 1.82) is 0 Å². The third kappa shape index (κ3) is 3.83. The Kier molecular flexibility index (Phi) is 5.36. The molecule has 25 heavy (non-hydrogen) atoms. The van der Waals surface area contributed by atoms with Crippen molar-refractivity contribution in [1.82, 2.24) is 9.55 Å². The molecule has 0 amide bonds. The standard InChI is InChI=1S/C20H22N2O3/c1-3-22-12-11-21-20(22)19(23)16-9-10-17(18(13-16)24-2)25-14-15-7-5-4-6-8-15/h4-13,19,23H,3,14H2,1-2H3/t19-/m0/s1. The Morgan fingerprint density at radius 1 is 1.12 bits per heavy atom. The molecule has 130 valence electrons. The van der Waals surface area contributed by atoms with Crippen LogP contribution < -0.4 is 9.47 Å². The lowest BCUT2D eigenvalue weighted by Crippen LogP contribution is -2.09. The molecule has 1 N–H and O–H groups in total. The van der Waals surface area contributed by atoms with Gasteiger partial charge in [0.15, 0.2) is 11.5 Å². The van der Waals surface area contributed by atoms with Crippen LogP contribution in [-0.4, -0.2) is 21.8 Å². The second-order valence-electron chi connectivity index (χ2n) is 5.66. The van der Waals surface area contributed by atoms with Crippen LogP contribution in [-0.2, 0) is 13.2 Å². The van der Waals surface area contributed by atoms with Crippen molar-refractivity contribution in [3.05, 3.63) is 77.9 Å². The van der Waals surface area contributed by atoms with E-state index in [1.54, 1.807) is 19.4 Å². The van der Waals surface area contributed by atoms with E-state index in [-0.39, 0.29) is 0 Å². The van der Waals surface area contributed by atoms with Gasteiger partial charge in [0.2, 0.25) is 0 Å². The minimum Gasteiger partial charge on any atom is -0.493 e. The summed E-state index contributed by atoms with van der Waals surface area (Å²) < 4.78 is 13.2. The molecule has 0 saturated heterocycles. The Balaban J connectivity index is 1.79. The van der Waals surface area contributed by atoms with Crippen LogP contribution >= 0.6 is 0 Å². The minimum absolute atomic E-state index is 0.458. The van der Waals surface area contributed by atoms with E-state index >= 15 is 0 Å². The average Bonchev–Trinajstić information content (AvgIpc) is 3.15. The van der Waals surface area contributed by atoms with Gasteiger partial charge in [0, 0.05) is 18.9 Å². The van der Waals surface area contributed by atoms with E-state index < -0.39 is 6.10 Å². The fourth-order valence-electron chi connectivity index (χ4n) is 2.69. The predicted octanol–water partition coefficient (Wildman–Crippen LogP) is 3.57. The summed E-state index contributed by atoms with van der Waals surface area (Å²) in [5.74, 6) is 1.84. The first-order valence-electron chi connectivity index (χ1n) is 8.26. The van der Waals surface area contributed by atoms with E-state index in [9.17, 15) is 5.11 Å². The number of aliphatic hydroxyl groups is 1. The molecule has 0 radical (unpaired) electrons. The summed E-state index contributed by atoms with van der Waals surface area (Å²) in [4.78, 5) is 4.26. The van der Waals surface area contributed by atoms with E-state index in [1.807, 2.05) is 60.2 Å². The molecule has 0 fully saturated rings. The van der Waals surface area contributed by atoms with Crippen LogP contribution in [0.5, 0.6) is 11.5 Å². The number of benzene rings is 2. The highest BCUT2D eigenvalue weighted by atomic mass is 16.5. The van der Waals surface area contributed by atoms with Crippen LogP contribution in [0.2, 0.25) is 0 Å². The van der Waals surface area contributed by atoms with Crippen LogP contribution in [0.25, 0.3) is 0 Å². The van der Waals surface area contributed by atoms with Gasteiger partial charge >= 0.3 is 0 Å². The van der Waals surface area contributed by atoms with E-state index in [2.05, 4.69) is 4.98 Å². The maximum Gasteiger partial charge on any atom is 0.161 e. The Hall–Kier alpha value is -2.79. The summed E-state index contributed by atoms with van der Waals surface area (Å²) in [6.07, 6.45) is 2.73. The number of rotatable bonds is 7. The molecule has 0 aliphatic carbocycles.